The van der Waals surface area contributed by atoms with Crippen molar-refractivity contribution in [1.82, 2.24) is 0 Å². The molecule has 0 spiro atoms. The summed E-state index contributed by atoms with van der Waals surface area (Å²) in [6.45, 7) is 0.164. The van der Waals surface area contributed by atoms with Crippen LogP contribution in [0.2, 0.25) is 0 Å². The Bertz CT molecular complexity index is 902. The fourth-order valence-electron chi connectivity index (χ4n) is 3.11. The minimum atomic E-state index is -3.53. The van der Waals surface area contributed by atoms with Gasteiger partial charge in [-0.3, -0.25) is 0 Å². The second-order valence-electron chi connectivity index (χ2n) is 5.62. The van der Waals surface area contributed by atoms with Crippen molar-refractivity contribution in [1.29, 1.82) is 5.26 Å². The fourth-order valence-corrected chi connectivity index (χ4v) is 5.20. The Kier molecular flexibility index (Phi) is 3.06. The van der Waals surface area contributed by atoms with Crippen molar-refractivity contribution in [3.63, 3.8) is 0 Å². The highest BCUT2D eigenvalue weighted by molar-refractivity contribution is 7.92. The summed E-state index contributed by atoms with van der Waals surface area (Å²) in [7, 11) is -3.53. The van der Waals surface area contributed by atoms with Crippen molar-refractivity contribution in [2.24, 2.45) is 5.92 Å². The molecule has 2 aromatic carbocycles. The molecule has 116 valence electrons. The van der Waals surface area contributed by atoms with E-state index in [1.807, 2.05) is 6.07 Å². The van der Waals surface area contributed by atoms with Gasteiger partial charge in [-0.25, -0.2) is 8.42 Å². The molecule has 0 radical (unpaired) electrons. The van der Waals surface area contributed by atoms with Gasteiger partial charge >= 0.3 is 0 Å². The lowest BCUT2D eigenvalue weighted by Gasteiger charge is -2.04. The third-order valence-electron chi connectivity index (χ3n) is 4.31. The lowest BCUT2D eigenvalue weighted by Crippen LogP contribution is -2.10. The SMILES string of the molecule is N#C[C@@H]1[C@H](c2ccc3c(c2)OCO3)[C@@H]1S(=O)(=O)c1ccccc1. The first-order chi connectivity index (χ1) is 11.1. The molecular formula is C17H13NO4S. The number of nitriles is 1. The standard InChI is InChI=1S/C17H13NO4S/c18-9-13-16(11-6-7-14-15(8-11)22-10-21-14)17(13)23(19,20)12-4-2-1-3-5-12/h1-8,13,16-17H,10H2/t13-,16+,17-/m1/s1. The molecule has 0 unspecified atom stereocenters. The predicted octanol–water partition coefficient (Wildman–Crippen LogP) is 2.49. The molecule has 2 aromatic rings. The molecule has 6 heteroatoms. The molecule has 0 amide bonds. The van der Waals surface area contributed by atoms with Gasteiger partial charge in [-0.05, 0) is 29.8 Å². The largest absolute Gasteiger partial charge is 0.454 e. The van der Waals surface area contributed by atoms with Gasteiger partial charge in [0.2, 0.25) is 6.79 Å². The van der Waals surface area contributed by atoms with Crippen LogP contribution < -0.4 is 9.47 Å². The Morgan fingerprint density at radius 2 is 1.78 bits per heavy atom. The van der Waals surface area contributed by atoms with Crippen LogP contribution in [0.25, 0.3) is 0 Å². The smallest absolute Gasteiger partial charge is 0.231 e. The molecule has 23 heavy (non-hydrogen) atoms. The van der Waals surface area contributed by atoms with E-state index in [2.05, 4.69) is 6.07 Å². The summed E-state index contributed by atoms with van der Waals surface area (Å²) in [4.78, 5) is 0.258. The molecule has 3 atom stereocenters. The van der Waals surface area contributed by atoms with Crippen LogP contribution in [0.1, 0.15) is 11.5 Å². The van der Waals surface area contributed by atoms with Gasteiger partial charge < -0.3 is 9.47 Å². The maximum absolute atomic E-state index is 12.8. The van der Waals surface area contributed by atoms with Crippen LogP contribution >= 0.6 is 0 Å². The summed E-state index contributed by atoms with van der Waals surface area (Å²) >= 11 is 0. The zero-order chi connectivity index (χ0) is 16.0. The van der Waals surface area contributed by atoms with Crippen molar-refractivity contribution in [3.05, 3.63) is 54.1 Å². The molecule has 1 aliphatic heterocycles. The summed E-state index contributed by atoms with van der Waals surface area (Å²) in [6.07, 6.45) is 0. The number of hydrogen-bond donors (Lipinski definition) is 0. The second kappa shape index (κ2) is 5.00. The molecule has 1 aliphatic carbocycles. The topological polar surface area (TPSA) is 76.4 Å². The molecule has 5 nitrogen and oxygen atoms in total. The minimum Gasteiger partial charge on any atom is -0.454 e. The average molecular weight is 327 g/mol. The maximum Gasteiger partial charge on any atom is 0.231 e. The highest BCUT2D eigenvalue weighted by atomic mass is 32.2. The summed E-state index contributed by atoms with van der Waals surface area (Å²) in [5.41, 5.74) is 0.797. The lowest BCUT2D eigenvalue weighted by molar-refractivity contribution is 0.174. The molecule has 2 aliphatic rings. The molecule has 1 saturated carbocycles. The summed E-state index contributed by atoms with van der Waals surface area (Å²) in [5.74, 6) is 0.368. The Balaban J connectivity index is 1.70. The van der Waals surface area contributed by atoms with Gasteiger partial charge in [0, 0.05) is 5.92 Å². The molecule has 0 saturated heterocycles. The first kappa shape index (κ1) is 14.1. The van der Waals surface area contributed by atoms with Crippen molar-refractivity contribution in [2.45, 2.75) is 16.1 Å². The number of ether oxygens (including phenoxy) is 2. The van der Waals surface area contributed by atoms with Crippen molar-refractivity contribution in [2.75, 3.05) is 6.79 Å². The predicted molar refractivity (Wildman–Crippen MR) is 81.8 cm³/mol. The lowest BCUT2D eigenvalue weighted by atomic mass is 10.1. The Morgan fingerprint density at radius 1 is 1.04 bits per heavy atom. The van der Waals surface area contributed by atoms with Gasteiger partial charge in [-0.2, -0.15) is 5.26 Å². The average Bonchev–Trinajstić information content (AvgIpc) is 3.15. The van der Waals surface area contributed by atoms with Crippen molar-refractivity contribution < 1.29 is 17.9 Å². The van der Waals surface area contributed by atoms with Gasteiger partial charge in [0.15, 0.2) is 21.3 Å². The highest BCUT2D eigenvalue weighted by Crippen LogP contribution is 2.54. The molecule has 1 heterocycles. The maximum atomic E-state index is 12.8. The zero-order valence-corrected chi connectivity index (χ0v) is 12.9. The van der Waals surface area contributed by atoms with Crippen LogP contribution in [0.3, 0.4) is 0 Å². The van der Waals surface area contributed by atoms with Gasteiger partial charge in [0.05, 0.1) is 22.1 Å². The van der Waals surface area contributed by atoms with Gasteiger partial charge in [-0.1, -0.05) is 24.3 Å². The number of benzene rings is 2. The molecule has 0 aromatic heterocycles. The van der Waals surface area contributed by atoms with Crippen molar-refractivity contribution in [3.8, 4) is 17.6 Å². The number of rotatable bonds is 3. The Labute approximate surface area is 134 Å². The monoisotopic (exact) mass is 327 g/mol. The third-order valence-corrected chi connectivity index (χ3v) is 6.55. The molecular weight excluding hydrogens is 314 g/mol. The van der Waals surface area contributed by atoms with E-state index in [4.69, 9.17) is 9.47 Å². The number of sulfone groups is 1. The molecule has 0 bridgehead atoms. The van der Waals surface area contributed by atoms with Gasteiger partial charge in [0.1, 0.15) is 0 Å². The van der Waals surface area contributed by atoms with E-state index in [1.54, 1.807) is 42.5 Å². The van der Waals surface area contributed by atoms with Crippen LogP contribution in [0, 0.1) is 17.2 Å². The molecule has 1 fully saturated rings. The van der Waals surface area contributed by atoms with Gasteiger partial charge in [0.25, 0.3) is 0 Å². The number of fused-ring (bicyclic) bond motifs is 1. The summed E-state index contributed by atoms with van der Waals surface area (Å²) < 4.78 is 36.1. The number of nitrogens with zero attached hydrogens (tertiary/aromatic N) is 1. The van der Waals surface area contributed by atoms with Crippen LogP contribution in [0.5, 0.6) is 11.5 Å². The second-order valence-corrected chi connectivity index (χ2v) is 7.72. The first-order valence-corrected chi connectivity index (χ1v) is 8.75. The van der Waals surface area contributed by atoms with Crippen LogP contribution in [-0.2, 0) is 9.84 Å². The third kappa shape index (κ3) is 2.16. The van der Waals surface area contributed by atoms with E-state index in [1.165, 1.54) is 0 Å². The van der Waals surface area contributed by atoms with E-state index in [0.717, 1.165) is 5.56 Å². The van der Waals surface area contributed by atoms with Crippen LogP contribution in [0.4, 0.5) is 0 Å². The Morgan fingerprint density at radius 3 is 2.52 bits per heavy atom. The summed E-state index contributed by atoms with van der Waals surface area (Å²) in [6, 6.07) is 15.8. The molecule has 0 N–H and O–H groups in total. The normalized spacial score (nSPS) is 24.9. The number of hydrogen-bond acceptors (Lipinski definition) is 5. The quantitative estimate of drug-likeness (QED) is 0.865. The van der Waals surface area contributed by atoms with Crippen molar-refractivity contribution >= 4 is 9.84 Å². The zero-order valence-electron chi connectivity index (χ0n) is 12.0. The molecule has 4 rings (SSSR count). The highest BCUT2D eigenvalue weighted by Gasteiger charge is 2.59. The van der Waals surface area contributed by atoms with E-state index >= 15 is 0 Å². The van der Waals surface area contributed by atoms with E-state index < -0.39 is 21.0 Å². The fraction of sp³-hybridized carbons (Fsp3) is 0.235. The van der Waals surface area contributed by atoms with E-state index in [9.17, 15) is 13.7 Å². The van der Waals surface area contributed by atoms with E-state index in [0.29, 0.717) is 11.5 Å². The first-order valence-electron chi connectivity index (χ1n) is 7.21. The van der Waals surface area contributed by atoms with Crippen LogP contribution in [-0.4, -0.2) is 20.5 Å². The van der Waals surface area contributed by atoms with Gasteiger partial charge in [-0.15, -0.1) is 0 Å². The van der Waals surface area contributed by atoms with E-state index in [-0.39, 0.29) is 17.6 Å². The summed E-state index contributed by atoms with van der Waals surface area (Å²) in [5, 5.41) is 8.63. The van der Waals surface area contributed by atoms with Crippen LogP contribution in [0.15, 0.2) is 53.4 Å². The Hall–Kier alpha value is -2.52. The minimum absolute atomic E-state index is 0.164.